The summed E-state index contributed by atoms with van der Waals surface area (Å²) in [6, 6.07) is 22.6. The Morgan fingerprint density at radius 2 is 1.94 bits per heavy atom. The van der Waals surface area contributed by atoms with Gasteiger partial charge >= 0.3 is 0 Å². The number of nitrogens with one attached hydrogen (secondary N) is 1. The molecule has 0 atom stereocenters. The maximum atomic E-state index is 12.6. The summed E-state index contributed by atoms with van der Waals surface area (Å²) in [5, 5.41) is 17.0. The second-order valence-electron chi connectivity index (χ2n) is 6.87. The molecule has 0 saturated carbocycles. The average Bonchev–Trinajstić information content (AvgIpc) is 3.52. The number of nitriles is 1. The van der Waals surface area contributed by atoms with E-state index in [2.05, 4.69) is 5.32 Å². The van der Waals surface area contributed by atoms with Gasteiger partial charge in [-0.1, -0.05) is 18.2 Å². The number of furan rings is 1. The molecular formula is C25H20N4O3. The van der Waals surface area contributed by atoms with Crippen molar-refractivity contribution < 1.29 is 13.9 Å². The van der Waals surface area contributed by atoms with Crippen LogP contribution in [-0.4, -0.2) is 22.8 Å². The summed E-state index contributed by atoms with van der Waals surface area (Å²) in [6.45, 7) is 0.194. The number of para-hydroxylation sites is 1. The lowest BCUT2D eigenvalue weighted by molar-refractivity contribution is -0.117. The number of rotatable bonds is 7. The van der Waals surface area contributed by atoms with Crippen molar-refractivity contribution in [2.24, 2.45) is 0 Å². The Hall–Kier alpha value is -4.57. The third-order valence-electron chi connectivity index (χ3n) is 4.79. The first-order chi connectivity index (χ1) is 15.7. The molecule has 0 aliphatic carbocycles. The van der Waals surface area contributed by atoms with Gasteiger partial charge in [0, 0.05) is 17.3 Å². The van der Waals surface area contributed by atoms with Crippen LogP contribution in [0, 0.1) is 11.3 Å². The van der Waals surface area contributed by atoms with Crippen molar-refractivity contribution >= 4 is 12.0 Å². The van der Waals surface area contributed by atoms with Crippen molar-refractivity contribution in [3.05, 3.63) is 96.1 Å². The van der Waals surface area contributed by atoms with E-state index >= 15 is 0 Å². The summed E-state index contributed by atoms with van der Waals surface area (Å²) in [7, 11) is 1.60. The van der Waals surface area contributed by atoms with Crippen molar-refractivity contribution in [3.8, 4) is 28.8 Å². The molecule has 2 heterocycles. The molecule has 0 unspecified atom stereocenters. The topological polar surface area (TPSA) is 93.1 Å². The molecule has 0 fully saturated rings. The maximum Gasteiger partial charge on any atom is 0.262 e. The molecule has 1 amide bonds. The summed E-state index contributed by atoms with van der Waals surface area (Å²) in [5.41, 5.74) is 2.95. The number of benzene rings is 2. The first kappa shape index (κ1) is 20.7. The Morgan fingerprint density at radius 1 is 1.16 bits per heavy atom. The number of carbonyl (C=O) groups excluding carboxylic acids is 1. The van der Waals surface area contributed by atoms with Crippen molar-refractivity contribution in [2.45, 2.75) is 6.54 Å². The number of hydrogen-bond acceptors (Lipinski definition) is 5. The number of aromatic nitrogens is 2. The standard InChI is InChI=1S/C25H20N4O3/c1-31-22-11-9-18(10-12-22)24-20(17-29(28-24)21-6-3-2-4-7-21)14-19(15-26)25(30)27-16-23-8-5-13-32-23/h2-14,17H,16H2,1H3,(H,27,30). The van der Waals surface area contributed by atoms with Gasteiger partial charge in [-0.15, -0.1) is 0 Å². The van der Waals surface area contributed by atoms with Crippen LogP contribution in [0.15, 0.2) is 89.2 Å². The fourth-order valence-corrected chi connectivity index (χ4v) is 3.16. The van der Waals surface area contributed by atoms with Crippen LogP contribution < -0.4 is 10.1 Å². The zero-order valence-electron chi connectivity index (χ0n) is 17.4. The zero-order chi connectivity index (χ0) is 22.3. The summed E-state index contributed by atoms with van der Waals surface area (Å²) < 4.78 is 12.2. The molecule has 0 saturated heterocycles. The quantitative estimate of drug-likeness (QED) is 0.351. The molecule has 0 aliphatic rings. The van der Waals surface area contributed by atoms with Crippen molar-refractivity contribution in [1.82, 2.24) is 15.1 Å². The Kier molecular flexibility index (Phi) is 6.14. The summed E-state index contributed by atoms with van der Waals surface area (Å²) >= 11 is 0. The van der Waals surface area contributed by atoms with Crippen LogP contribution in [0.25, 0.3) is 23.0 Å². The number of nitrogens with zero attached hydrogens (tertiary/aromatic N) is 3. The van der Waals surface area contributed by atoms with E-state index < -0.39 is 5.91 Å². The Morgan fingerprint density at radius 3 is 2.59 bits per heavy atom. The molecule has 7 heteroatoms. The van der Waals surface area contributed by atoms with Gasteiger partial charge in [0.1, 0.15) is 23.2 Å². The molecular weight excluding hydrogens is 404 g/mol. The van der Waals surface area contributed by atoms with Gasteiger partial charge in [-0.25, -0.2) is 4.68 Å². The second-order valence-corrected chi connectivity index (χ2v) is 6.87. The van der Waals surface area contributed by atoms with E-state index in [0.717, 1.165) is 17.0 Å². The van der Waals surface area contributed by atoms with Crippen LogP contribution in [-0.2, 0) is 11.3 Å². The van der Waals surface area contributed by atoms with Gasteiger partial charge in [0.2, 0.25) is 0 Å². The van der Waals surface area contributed by atoms with Crippen LogP contribution in [0.5, 0.6) is 5.75 Å². The number of ether oxygens (including phenoxy) is 1. The van der Waals surface area contributed by atoms with Crippen LogP contribution in [0.2, 0.25) is 0 Å². The molecule has 32 heavy (non-hydrogen) atoms. The van der Waals surface area contributed by atoms with E-state index in [1.54, 1.807) is 36.2 Å². The maximum absolute atomic E-state index is 12.6. The molecule has 0 radical (unpaired) electrons. The summed E-state index contributed by atoms with van der Waals surface area (Å²) in [4.78, 5) is 12.6. The van der Waals surface area contributed by atoms with E-state index in [4.69, 9.17) is 14.3 Å². The van der Waals surface area contributed by atoms with Crippen LogP contribution in [0.1, 0.15) is 11.3 Å². The number of amides is 1. The Bertz CT molecular complexity index is 1270. The molecule has 4 rings (SSSR count). The monoisotopic (exact) mass is 424 g/mol. The predicted octanol–water partition coefficient (Wildman–Crippen LogP) is 4.36. The van der Waals surface area contributed by atoms with E-state index in [1.165, 1.54) is 6.26 Å². The van der Waals surface area contributed by atoms with Crippen LogP contribution >= 0.6 is 0 Å². The average molecular weight is 424 g/mol. The zero-order valence-corrected chi connectivity index (χ0v) is 17.4. The highest BCUT2D eigenvalue weighted by Gasteiger charge is 2.15. The largest absolute Gasteiger partial charge is 0.497 e. The molecule has 0 bridgehead atoms. The fraction of sp³-hybridized carbons (Fsp3) is 0.0800. The Labute approximate surface area is 185 Å². The molecule has 0 aliphatic heterocycles. The van der Waals surface area contributed by atoms with Crippen molar-refractivity contribution in [1.29, 1.82) is 5.26 Å². The lowest BCUT2D eigenvalue weighted by Gasteiger charge is -2.04. The molecule has 4 aromatic rings. The van der Waals surface area contributed by atoms with Crippen molar-refractivity contribution in [2.75, 3.05) is 7.11 Å². The fourth-order valence-electron chi connectivity index (χ4n) is 3.16. The third kappa shape index (κ3) is 4.60. The first-order valence-electron chi connectivity index (χ1n) is 9.90. The highest BCUT2D eigenvalue weighted by molar-refractivity contribution is 6.02. The lowest BCUT2D eigenvalue weighted by Crippen LogP contribution is -2.23. The SMILES string of the molecule is COc1ccc(-c2nn(-c3ccccc3)cc2C=C(C#N)C(=O)NCc2ccco2)cc1. The van der Waals surface area contributed by atoms with Crippen LogP contribution in [0.4, 0.5) is 0 Å². The number of methoxy groups -OCH3 is 1. The first-order valence-corrected chi connectivity index (χ1v) is 9.90. The molecule has 158 valence electrons. The molecule has 2 aromatic heterocycles. The van der Waals surface area contributed by atoms with Gasteiger partial charge in [-0.3, -0.25) is 4.79 Å². The molecule has 1 N–H and O–H groups in total. The summed E-state index contributed by atoms with van der Waals surface area (Å²) in [6.07, 6.45) is 4.87. The Balaban J connectivity index is 1.70. The van der Waals surface area contributed by atoms with Gasteiger partial charge < -0.3 is 14.5 Å². The number of hydrogen-bond donors (Lipinski definition) is 1. The normalized spacial score (nSPS) is 11.1. The van der Waals surface area contributed by atoms with Crippen molar-refractivity contribution in [3.63, 3.8) is 0 Å². The van der Waals surface area contributed by atoms with E-state index in [0.29, 0.717) is 17.0 Å². The smallest absolute Gasteiger partial charge is 0.262 e. The van der Waals surface area contributed by atoms with E-state index in [9.17, 15) is 10.1 Å². The van der Waals surface area contributed by atoms with E-state index in [1.807, 2.05) is 60.7 Å². The van der Waals surface area contributed by atoms with Crippen LogP contribution in [0.3, 0.4) is 0 Å². The second kappa shape index (κ2) is 9.49. The van der Waals surface area contributed by atoms with Gasteiger partial charge in [0.15, 0.2) is 0 Å². The third-order valence-corrected chi connectivity index (χ3v) is 4.79. The number of carbonyl (C=O) groups is 1. The molecule has 2 aromatic carbocycles. The molecule has 7 nitrogen and oxygen atoms in total. The highest BCUT2D eigenvalue weighted by atomic mass is 16.5. The minimum absolute atomic E-state index is 0.0288. The van der Waals surface area contributed by atoms with Gasteiger partial charge in [0.05, 0.1) is 31.3 Å². The highest BCUT2D eigenvalue weighted by Crippen LogP contribution is 2.27. The predicted molar refractivity (Wildman–Crippen MR) is 120 cm³/mol. The summed E-state index contributed by atoms with van der Waals surface area (Å²) in [5.74, 6) is 0.840. The van der Waals surface area contributed by atoms with Gasteiger partial charge in [0.25, 0.3) is 5.91 Å². The van der Waals surface area contributed by atoms with E-state index in [-0.39, 0.29) is 12.1 Å². The van der Waals surface area contributed by atoms with Gasteiger partial charge in [-0.2, -0.15) is 10.4 Å². The van der Waals surface area contributed by atoms with Gasteiger partial charge in [-0.05, 0) is 54.6 Å². The lowest BCUT2D eigenvalue weighted by atomic mass is 10.1. The minimum atomic E-state index is -0.489. The minimum Gasteiger partial charge on any atom is -0.497 e. The molecule has 0 spiro atoms.